The van der Waals surface area contributed by atoms with Crippen molar-refractivity contribution in [1.29, 1.82) is 0 Å². The molecule has 0 radical (unpaired) electrons. The number of hydrogen-bond donors (Lipinski definition) is 1. The second-order valence-corrected chi connectivity index (χ2v) is 8.34. The smallest absolute Gasteiger partial charge is 0.275 e. The molecular formula is C17H20N6O2S. The predicted octanol–water partition coefficient (Wildman–Crippen LogP) is 2.28. The first-order valence-corrected chi connectivity index (χ1v) is 9.90. The van der Waals surface area contributed by atoms with E-state index in [1.165, 1.54) is 21.9 Å². The Bertz CT molecular complexity index is 1010. The van der Waals surface area contributed by atoms with Crippen LogP contribution in [0.3, 0.4) is 0 Å². The Balaban J connectivity index is 1.41. The van der Waals surface area contributed by atoms with Crippen molar-refractivity contribution in [2.75, 3.05) is 0 Å². The number of hydrogen-bond acceptors (Lipinski definition) is 8. The molecular weight excluding hydrogens is 352 g/mol. The van der Waals surface area contributed by atoms with E-state index in [0.717, 1.165) is 55.2 Å². The van der Waals surface area contributed by atoms with Crippen LogP contribution in [0.1, 0.15) is 66.9 Å². The molecule has 0 aliphatic heterocycles. The zero-order valence-corrected chi connectivity index (χ0v) is 15.4. The third-order valence-electron chi connectivity index (χ3n) is 5.25. The van der Waals surface area contributed by atoms with E-state index >= 15 is 0 Å². The van der Waals surface area contributed by atoms with Gasteiger partial charge in [0.2, 0.25) is 10.9 Å². The van der Waals surface area contributed by atoms with Crippen LogP contribution < -0.4 is 10.9 Å². The van der Waals surface area contributed by atoms with E-state index in [4.69, 9.17) is 4.52 Å². The molecule has 0 amide bonds. The van der Waals surface area contributed by atoms with Gasteiger partial charge in [-0.15, -0.1) is 0 Å². The zero-order chi connectivity index (χ0) is 17.7. The van der Waals surface area contributed by atoms with Crippen LogP contribution in [0.4, 0.5) is 0 Å². The molecule has 3 aromatic rings. The van der Waals surface area contributed by atoms with Gasteiger partial charge in [0, 0.05) is 17.7 Å². The summed E-state index contributed by atoms with van der Waals surface area (Å²) in [6.45, 7) is 2.38. The molecule has 1 N–H and O–H groups in total. The van der Waals surface area contributed by atoms with Gasteiger partial charge in [0.25, 0.3) is 5.56 Å². The van der Waals surface area contributed by atoms with Gasteiger partial charge in [-0.05, 0) is 32.6 Å². The van der Waals surface area contributed by atoms with E-state index < -0.39 is 0 Å². The highest BCUT2D eigenvalue weighted by atomic mass is 32.1. The third-order valence-corrected chi connectivity index (χ3v) is 6.15. The van der Waals surface area contributed by atoms with E-state index in [1.54, 1.807) is 0 Å². The van der Waals surface area contributed by atoms with Gasteiger partial charge in [-0.2, -0.15) is 14.6 Å². The molecule has 3 aromatic heterocycles. The van der Waals surface area contributed by atoms with Crippen molar-refractivity contribution in [2.45, 2.75) is 63.5 Å². The molecule has 136 valence electrons. The van der Waals surface area contributed by atoms with Crippen LogP contribution in [0, 0.1) is 6.92 Å². The van der Waals surface area contributed by atoms with Gasteiger partial charge in [-0.25, -0.2) is 4.98 Å². The van der Waals surface area contributed by atoms with Gasteiger partial charge in [0.05, 0.1) is 12.1 Å². The normalized spacial score (nSPS) is 19.4. The molecule has 2 aliphatic carbocycles. The van der Waals surface area contributed by atoms with Crippen molar-refractivity contribution < 1.29 is 4.52 Å². The fourth-order valence-corrected chi connectivity index (χ4v) is 4.54. The standard InChI is InChI=1S/C17H20N6O2S/c1-10-8-13(24)23-16(19-10)26-12(21-23)9-18-17(6-2-3-7-17)15-20-14(25-22-15)11-4-5-11/h8,11,18H,2-7,9H2,1H3. The summed E-state index contributed by atoms with van der Waals surface area (Å²) in [7, 11) is 0. The Labute approximate surface area is 153 Å². The minimum Gasteiger partial charge on any atom is -0.339 e. The van der Waals surface area contributed by atoms with Crippen molar-refractivity contribution in [2.24, 2.45) is 0 Å². The molecule has 0 aromatic carbocycles. The Morgan fingerprint density at radius 2 is 2.15 bits per heavy atom. The molecule has 0 saturated heterocycles. The molecule has 2 saturated carbocycles. The van der Waals surface area contributed by atoms with Crippen molar-refractivity contribution in [3.05, 3.63) is 38.8 Å². The Morgan fingerprint density at radius 3 is 2.92 bits per heavy atom. The molecule has 3 heterocycles. The van der Waals surface area contributed by atoms with Crippen LogP contribution in [0.2, 0.25) is 0 Å². The average Bonchev–Trinajstić information content (AvgIpc) is 3.03. The minimum absolute atomic E-state index is 0.141. The Kier molecular flexibility index (Phi) is 3.68. The highest BCUT2D eigenvalue weighted by Crippen LogP contribution is 2.42. The van der Waals surface area contributed by atoms with Gasteiger partial charge in [-0.1, -0.05) is 29.3 Å². The van der Waals surface area contributed by atoms with Crippen molar-refractivity contribution in [1.82, 2.24) is 30.1 Å². The topological polar surface area (TPSA) is 98.2 Å². The lowest BCUT2D eigenvalue weighted by atomic mass is 9.96. The van der Waals surface area contributed by atoms with Crippen LogP contribution in [0.5, 0.6) is 0 Å². The molecule has 0 spiro atoms. The van der Waals surface area contributed by atoms with E-state index in [9.17, 15) is 4.79 Å². The first kappa shape index (κ1) is 16.1. The fourth-order valence-electron chi connectivity index (χ4n) is 3.66. The average molecular weight is 372 g/mol. The summed E-state index contributed by atoms with van der Waals surface area (Å²) >= 11 is 1.44. The Hall–Kier alpha value is -2.13. The first-order chi connectivity index (χ1) is 12.6. The predicted molar refractivity (Wildman–Crippen MR) is 95.1 cm³/mol. The van der Waals surface area contributed by atoms with Gasteiger partial charge in [0.15, 0.2) is 5.82 Å². The number of nitrogens with zero attached hydrogens (tertiary/aromatic N) is 5. The summed E-state index contributed by atoms with van der Waals surface area (Å²) in [4.78, 5) is 21.7. The highest BCUT2D eigenvalue weighted by molar-refractivity contribution is 7.16. The third kappa shape index (κ3) is 2.75. The molecule has 9 heteroatoms. The quantitative estimate of drug-likeness (QED) is 0.733. The van der Waals surface area contributed by atoms with Gasteiger partial charge in [-0.3, -0.25) is 10.1 Å². The van der Waals surface area contributed by atoms with Crippen LogP contribution >= 0.6 is 11.3 Å². The summed E-state index contributed by atoms with van der Waals surface area (Å²) in [5, 5.41) is 13.1. The lowest BCUT2D eigenvalue weighted by Crippen LogP contribution is -2.40. The van der Waals surface area contributed by atoms with Crippen LogP contribution in [-0.2, 0) is 12.1 Å². The molecule has 5 rings (SSSR count). The van der Waals surface area contributed by atoms with Crippen LogP contribution in [0.15, 0.2) is 15.4 Å². The maximum absolute atomic E-state index is 12.0. The summed E-state index contributed by atoms with van der Waals surface area (Å²) in [6, 6.07) is 1.50. The maximum atomic E-state index is 12.0. The molecule has 2 aliphatic rings. The molecule has 2 fully saturated rings. The largest absolute Gasteiger partial charge is 0.339 e. The summed E-state index contributed by atoms with van der Waals surface area (Å²) in [5.74, 6) is 2.00. The van der Waals surface area contributed by atoms with Crippen molar-refractivity contribution in [3.63, 3.8) is 0 Å². The summed E-state index contributed by atoms with van der Waals surface area (Å²) in [5.41, 5.74) is 0.311. The SMILES string of the molecule is Cc1cc(=O)n2nc(CNC3(c4noc(C5CC5)n4)CCCC3)sc2n1. The second kappa shape index (κ2) is 5.95. The fraction of sp³-hybridized carbons (Fsp3) is 0.588. The number of aryl methyl sites for hydroxylation is 1. The minimum atomic E-state index is -0.261. The monoisotopic (exact) mass is 372 g/mol. The number of nitrogens with one attached hydrogen (secondary N) is 1. The molecule has 26 heavy (non-hydrogen) atoms. The lowest BCUT2D eigenvalue weighted by molar-refractivity contribution is 0.296. The van der Waals surface area contributed by atoms with E-state index in [2.05, 4.69) is 25.5 Å². The summed E-state index contributed by atoms with van der Waals surface area (Å²) < 4.78 is 6.86. The second-order valence-electron chi connectivity index (χ2n) is 7.30. The van der Waals surface area contributed by atoms with Crippen molar-refractivity contribution in [3.8, 4) is 0 Å². The lowest BCUT2D eigenvalue weighted by Gasteiger charge is -2.26. The van der Waals surface area contributed by atoms with Gasteiger partial charge >= 0.3 is 0 Å². The van der Waals surface area contributed by atoms with E-state index in [0.29, 0.717) is 23.1 Å². The number of rotatable bonds is 5. The van der Waals surface area contributed by atoms with Crippen LogP contribution in [0.25, 0.3) is 4.96 Å². The number of fused-ring (bicyclic) bond motifs is 1. The maximum Gasteiger partial charge on any atom is 0.275 e. The summed E-state index contributed by atoms with van der Waals surface area (Å²) in [6.07, 6.45) is 6.54. The zero-order valence-electron chi connectivity index (χ0n) is 14.6. The molecule has 0 atom stereocenters. The molecule has 8 nitrogen and oxygen atoms in total. The van der Waals surface area contributed by atoms with E-state index in [1.807, 2.05) is 6.92 Å². The highest BCUT2D eigenvalue weighted by Gasteiger charge is 2.41. The number of aromatic nitrogens is 5. The first-order valence-electron chi connectivity index (χ1n) is 9.08. The Morgan fingerprint density at radius 1 is 1.35 bits per heavy atom. The van der Waals surface area contributed by atoms with Gasteiger partial charge < -0.3 is 4.52 Å². The van der Waals surface area contributed by atoms with Gasteiger partial charge in [0.1, 0.15) is 5.01 Å². The van der Waals surface area contributed by atoms with E-state index in [-0.39, 0.29) is 11.1 Å². The van der Waals surface area contributed by atoms with Crippen LogP contribution in [-0.4, -0.2) is 24.7 Å². The van der Waals surface area contributed by atoms with Crippen molar-refractivity contribution >= 4 is 16.3 Å². The molecule has 0 unspecified atom stereocenters. The molecule has 0 bridgehead atoms.